The topological polar surface area (TPSA) is 99.3 Å². The molecule has 0 saturated carbocycles. The predicted octanol–water partition coefficient (Wildman–Crippen LogP) is 3.18. The van der Waals surface area contributed by atoms with Gasteiger partial charge in [0.25, 0.3) is 17.7 Å². The first-order chi connectivity index (χ1) is 14.0. The molecule has 3 amide bonds. The number of benzene rings is 2. The van der Waals surface area contributed by atoms with E-state index in [9.17, 15) is 14.4 Å². The van der Waals surface area contributed by atoms with Crippen molar-refractivity contribution in [3.8, 4) is 0 Å². The first-order valence-corrected chi connectivity index (χ1v) is 9.74. The number of hydrogen-bond acceptors (Lipinski definition) is 5. The summed E-state index contributed by atoms with van der Waals surface area (Å²) in [5.41, 5.74) is 7.25. The Hall–Kier alpha value is -3.65. The fourth-order valence-corrected chi connectivity index (χ4v) is 3.09. The van der Waals surface area contributed by atoms with Gasteiger partial charge in [-0.15, -0.1) is 11.3 Å². The van der Waals surface area contributed by atoms with Crippen molar-refractivity contribution in [2.45, 2.75) is 6.92 Å². The van der Waals surface area contributed by atoms with Gasteiger partial charge in [0.1, 0.15) is 0 Å². The highest BCUT2D eigenvalue weighted by Gasteiger charge is 2.15. The molecule has 0 aliphatic carbocycles. The molecule has 0 spiro atoms. The van der Waals surface area contributed by atoms with Gasteiger partial charge in [0.2, 0.25) is 0 Å². The maximum Gasteiger partial charge on any atom is 0.271 e. The molecule has 148 valence electrons. The quantitative estimate of drug-likeness (QED) is 0.471. The van der Waals surface area contributed by atoms with Crippen molar-refractivity contribution in [1.29, 1.82) is 0 Å². The number of amides is 3. The van der Waals surface area contributed by atoms with Gasteiger partial charge in [0, 0.05) is 5.69 Å². The van der Waals surface area contributed by atoms with Crippen molar-refractivity contribution in [3.63, 3.8) is 0 Å². The highest BCUT2D eigenvalue weighted by Crippen LogP contribution is 2.17. The van der Waals surface area contributed by atoms with Crippen LogP contribution in [-0.4, -0.2) is 24.3 Å². The van der Waals surface area contributed by atoms with Crippen LogP contribution >= 0.6 is 11.3 Å². The van der Waals surface area contributed by atoms with Crippen LogP contribution in [0.25, 0.3) is 0 Å². The van der Waals surface area contributed by atoms with Crippen LogP contribution in [0.4, 0.5) is 11.4 Å². The van der Waals surface area contributed by atoms with Gasteiger partial charge in [-0.2, -0.15) is 0 Å². The molecule has 0 aliphatic rings. The Bertz CT molecular complexity index is 1000. The lowest BCUT2D eigenvalue weighted by atomic mass is 10.1. The van der Waals surface area contributed by atoms with E-state index >= 15 is 0 Å². The third kappa shape index (κ3) is 5.66. The summed E-state index contributed by atoms with van der Waals surface area (Å²) in [5, 5.41) is 7.49. The molecule has 0 aliphatic heterocycles. The number of para-hydroxylation sites is 1. The lowest BCUT2D eigenvalue weighted by Crippen LogP contribution is -2.44. The van der Waals surface area contributed by atoms with Gasteiger partial charge >= 0.3 is 0 Å². The van der Waals surface area contributed by atoms with Crippen LogP contribution in [0.2, 0.25) is 0 Å². The van der Waals surface area contributed by atoms with Crippen LogP contribution in [-0.2, 0) is 4.79 Å². The second-order valence-electron chi connectivity index (χ2n) is 6.20. The van der Waals surface area contributed by atoms with Gasteiger partial charge in [0.05, 0.1) is 22.7 Å². The summed E-state index contributed by atoms with van der Waals surface area (Å²) in [6.45, 7) is 1.98. The van der Waals surface area contributed by atoms with E-state index < -0.39 is 11.8 Å². The number of carbonyl (C=O) groups excluding carboxylic acids is 3. The Morgan fingerprint density at radius 2 is 1.62 bits per heavy atom. The Labute approximate surface area is 172 Å². The van der Waals surface area contributed by atoms with Gasteiger partial charge in [-0.3, -0.25) is 25.2 Å². The van der Waals surface area contributed by atoms with Crippen LogP contribution in [0, 0.1) is 6.92 Å². The summed E-state index contributed by atoms with van der Waals surface area (Å²) in [5.74, 6) is -1.23. The standard InChI is InChI=1S/C21H20N4O3S/c1-14-8-10-15(11-9-14)22-13-19(26)24-25-20(27)16-5-2-3-6-17(16)23-21(28)18-7-4-12-29-18/h2-12,22H,13H2,1H3,(H,23,28)(H,24,26)(H,25,27). The largest absolute Gasteiger partial charge is 0.376 e. The molecule has 3 rings (SSSR count). The molecule has 2 aromatic carbocycles. The van der Waals surface area contributed by atoms with Crippen molar-refractivity contribution in [2.24, 2.45) is 0 Å². The van der Waals surface area contributed by atoms with Crippen LogP contribution in [0.3, 0.4) is 0 Å². The van der Waals surface area contributed by atoms with E-state index in [1.807, 2.05) is 31.2 Å². The lowest BCUT2D eigenvalue weighted by Gasteiger charge is -2.12. The molecule has 0 saturated heterocycles. The van der Waals surface area contributed by atoms with Gasteiger partial charge in [0.15, 0.2) is 0 Å². The first kappa shape index (κ1) is 20.1. The highest BCUT2D eigenvalue weighted by atomic mass is 32.1. The highest BCUT2D eigenvalue weighted by molar-refractivity contribution is 7.12. The number of carbonyl (C=O) groups is 3. The number of anilines is 2. The smallest absolute Gasteiger partial charge is 0.271 e. The van der Waals surface area contributed by atoms with Crippen molar-refractivity contribution < 1.29 is 14.4 Å². The summed E-state index contributed by atoms with van der Waals surface area (Å²) < 4.78 is 0. The van der Waals surface area contributed by atoms with Gasteiger partial charge < -0.3 is 10.6 Å². The zero-order valence-electron chi connectivity index (χ0n) is 15.7. The minimum Gasteiger partial charge on any atom is -0.376 e. The van der Waals surface area contributed by atoms with E-state index in [2.05, 4.69) is 21.5 Å². The number of aryl methyl sites for hydroxylation is 1. The number of hydrogen-bond donors (Lipinski definition) is 4. The molecule has 0 fully saturated rings. The number of rotatable bonds is 6. The molecule has 0 unspecified atom stereocenters. The van der Waals surface area contributed by atoms with Gasteiger partial charge in [-0.05, 0) is 42.6 Å². The number of hydrazine groups is 1. The fraction of sp³-hybridized carbons (Fsp3) is 0.0952. The van der Waals surface area contributed by atoms with E-state index in [-0.39, 0.29) is 18.0 Å². The third-order valence-corrected chi connectivity index (χ3v) is 4.85. The van der Waals surface area contributed by atoms with Crippen molar-refractivity contribution in [1.82, 2.24) is 10.9 Å². The second kappa shape index (κ2) is 9.52. The monoisotopic (exact) mass is 408 g/mol. The summed E-state index contributed by atoms with van der Waals surface area (Å²) in [6.07, 6.45) is 0. The summed E-state index contributed by atoms with van der Waals surface area (Å²) in [4.78, 5) is 37.2. The van der Waals surface area contributed by atoms with E-state index in [4.69, 9.17) is 0 Å². The van der Waals surface area contributed by atoms with Crippen molar-refractivity contribution in [2.75, 3.05) is 17.2 Å². The van der Waals surface area contributed by atoms with Crippen molar-refractivity contribution >= 4 is 40.4 Å². The maximum absolute atomic E-state index is 12.5. The molecule has 29 heavy (non-hydrogen) atoms. The van der Waals surface area contributed by atoms with Crippen LogP contribution in [0.1, 0.15) is 25.6 Å². The molecule has 7 nitrogen and oxygen atoms in total. The zero-order valence-corrected chi connectivity index (χ0v) is 16.5. The third-order valence-electron chi connectivity index (χ3n) is 3.98. The molecule has 3 aromatic rings. The fourth-order valence-electron chi connectivity index (χ4n) is 2.47. The van der Waals surface area contributed by atoms with Crippen LogP contribution < -0.4 is 21.5 Å². The molecule has 0 radical (unpaired) electrons. The Morgan fingerprint density at radius 1 is 0.862 bits per heavy atom. The average Bonchev–Trinajstić information content (AvgIpc) is 3.27. The lowest BCUT2D eigenvalue weighted by molar-refractivity contribution is -0.120. The summed E-state index contributed by atoms with van der Waals surface area (Å²) in [6, 6.07) is 17.7. The van der Waals surface area contributed by atoms with E-state index in [0.29, 0.717) is 10.6 Å². The molecular weight excluding hydrogens is 388 g/mol. The van der Waals surface area contributed by atoms with Crippen LogP contribution in [0.5, 0.6) is 0 Å². The predicted molar refractivity (Wildman–Crippen MR) is 114 cm³/mol. The summed E-state index contributed by atoms with van der Waals surface area (Å²) in [7, 11) is 0. The normalized spacial score (nSPS) is 10.1. The van der Waals surface area contributed by atoms with Crippen LogP contribution in [0.15, 0.2) is 66.0 Å². The van der Waals surface area contributed by atoms with E-state index in [0.717, 1.165) is 11.3 Å². The maximum atomic E-state index is 12.5. The summed E-state index contributed by atoms with van der Waals surface area (Å²) >= 11 is 1.31. The molecule has 8 heteroatoms. The van der Waals surface area contributed by atoms with E-state index in [1.54, 1.807) is 41.8 Å². The molecule has 0 atom stereocenters. The Balaban J connectivity index is 1.54. The molecular formula is C21H20N4O3S. The minimum absolute atomic E-state index is 0.000101. The number of thiophene rings is 1. The number of nitrogens with one attached hydrogen (secondary N) is 4. The van der Waals surface area contributed by atoms with Crippen molar-refractivity contribution in [3.05, 3.63) is 82.0 Å². The SMILES string of the molecule is Cc1ccc(NCC(=O)NNC(=O)c2ccccc2NC(=O)c2cccs2)cc1. The molecule has 1 aromatic heterocycles. The van der Waals surface area contributed by atoms with Gasteiger partial charge in [-0.25, -0.2) is 0 Å². The molecule has 4 N–H and O–H groups in total. The van der Waals surface area contributed by atoms with Gasteiger partial charge in [-0.1, -0.05) is 35.9 Å². The Kier molecular flexibility index (Phi) is 6.59. The second-order valence-corrected chi connectivity index (χ2v) is 7.15. The molecule has 0 bridgehead atoms. The first-order valence-electron chi connectivity index (χ1n) is 8.86. The Morgan fingerprint density at radius 3 is 2.34 bits per heavy atom. The minimum atomic E-state index is -0.532. The zero-order chi connectivity index (χ0) is 20.6. The average molecular weight is 408 g/mol. The molecule has 1 heterocycles. The van der Waals surface area contributed by atoms with E-state index in [1.165, 1.54) is 11.3 Å².